The Labute approximate surface area is 112 Å². The Morgan fingerprint density at radius 3 is 2.00 bits per heavy atom. The normalized spacial score (nSPS) is 11.3. The molecule has 1 N–H and O–H groups in total. The minimum absolute atomic E-state index is 0.623. The average Bonchev–Trinajstić information content (AvgIpc) is 2.91. The van der Waals surface area contributed by atoms with Crippen molar-refractivity contribution >= 4 is 0 Å². The molecule has 0 spiro atoms. The number of H-pyrrole nitrogens is 1. The number of aromatic amines is 1. The van der Waals surface area contributed by atoms with Crippen LogP contribution in [0.5, 0.6) is 0 Å². The Morgan fingerprint density at radius 1 is 0.944 bits per heavy atom. The molecule has 0 aliphatic rings. The van der Waals surface area contributed by atoms with E-state index >= 15 is 0 Å². The average molecular weight is 251 g/mol. The third-order valence-electron chi connectivity index (χ3n) is 3.66. The second-order valence-corrected chi connectivity index (χ2v) is 5.29. The molecule has 1 rings (SSSR count). The first-order valence-corrected chi connectivity index (χ1v) is 7.74. The Balaban J connectivity index is 2.29. The fourth-order valence-electron chi connectivity index (χ4n) is 2.48. The lowest BCUT2D eigenvalue weighted by Crippen LogP contribution is -2.00. The Hall–Kier alpha value is -0.860. The highest BCUT2D eigenvalue weighted by Crippen LogP contribution is 2.26. The smallest absolute Gasteiger partial charge is 0.0855 e. The summed E-state index contributed by atoms with van der Waals surface area (Å²) in [6.45, 7) is 4.53. The SMILES string of the molecule is CCCCCCC(CCCCCC)c1cn[nH]n1. The van der Waals surface area contributed by atoms with Crippen molar-refractivity contribution in [2.75, 3.05) is 0 Å². The molecule has 18 heavy (non-hydrogen) atoms. The number of unbranched alkanes of at least 4 members (excludes halogenated alkanes) is 6. The van der Waals surface area contributed by atoms with E-state index in [1.54, 1.807) is 0 Å². The molecule has 0 amide bonds. The molecule has 0 bridgehead atoms. The van der Waals surface area contributed by atoms with Crippen molar-refractivity contribution in [3.05, 3.63) is 11.9 Å². The van der Waals surface area contributed by atoms with Gasteiger partial charge in [0.05, 0.1) is 11.9 Å². The number of rotatable bonds is 11. The summed E-state index contributed by atoms with van der Waals surface area (Å²) in [6, 6.07) is 0. The predicted octanol–water partition coefficient (Wildman–Crippen LogP) is 4.83. The van der Waals surface area contributed by atoms with Gasteiger partial charge in [0.15, 0.2) is 0 Å². The molecule has 3 nitrogen and oxygen atoms in total. The first kappa shape index (κ1) is 15.2. The number of hydrogen-bond donors (Lipinski definition) is 1. The summed E-state index contributed by atoms with van der Waals surface area (Å²) in [6.07, 6.45) is 15.2. The van der Waals surface area contributed by atoms with Crippen molar-refractivity contribution < 1.29 is 0 Å². The van der Waals surface area contributed by atoms with E-state index in [2.05, 4.69) is 29.3 Å². The van der Waals surface area contributed by atoms with Gasteiger partial charge in [0, 0.05) is 5.92 Å². The van der Waals surface area contributed by atoms with Gasteiger partial charge < -0.3 is 0 Å². The van der Waals surface area contributed by atoms with Gasteiger partial charge in [-0.15, -0.1) is 0 Å². The summed E-state index contributed by atoms with van der Waals surface area (Å²) in [5.74, 6) is 0.623. The second-order valence-electron chi connectivity index (χ2n) is 5.29. The molecule has 0 unspecified atom stereocenters. The van der Waals surface area contributed by atoms with Crippen LogP contribution in [0.25, 0.3) is 0 Å². The van der Waals surface area contributed by atoms with Gasteiger partial charge in [-0.05, 0) is 12.8 Å². The van der Waals surface area contributed by atoms with E-state index in [0.29, 0.717) is 5.92 Å². The van der Waals surface area contributed by atoms with Crippen LogP contribution in [-0.4, -0.2) is 15.4 Å². The van der Waals surface area contributed by atoms with Crippen LogP contribution in [-0.2, 0) is 0 Å². The lowest BCUT2D eigenvalue weighted by Gasteiger charge is -2.13. The van der Waals surface area contributed by atoms with Crippen molar-refractivity contribution in [2.24, 2.45) is 0 Å². The molecule has 0 atom stereocenters. The quantitative estimate of drug-likeness (QED) is 0.572. The molecule has 0 aromatic carbocycles. The van der Waals surface area contributed by atoms with Crippen LogP contribution < -0.4 is 0 Å². The van der Waals surface area contributed by atoms with Gasteiger partial charge in [-0.25, -0.2) is 0 Å². The monoisotopic (exact) mass is 251 g/mol. The minimum atomic E-state index is 0.623. The Kier molecular flexibility index (Phi) is 8.53. The summed E-state index contributed by atoms with van der Waals surface area (Å²) >= 11 is 0. The lowest BCUT2D eigenvalue weighted by atomic mass is 9.92. The molecule has 1 heterocycles. The van der Waals surface area contributed by atoms with Crippen LogP contribution in [0.1, 0.15) is 89.7 Å². The lowest BCUT2D eigenvalue weighted by molar-refractivity contribution is 0.488. The predicted molar refractivity (Wildman–Crippen MR) is 76.6 cm³/mol. The van der Waals surface area contributed by atoms with Crippen molar-refractivity contribution in [3.63, 3.8) is 0 Å². The summed E-state index contributed by atoms with van der Waals surface area (Å²) in [5.41, 5.74) is 1.17. The van der Waals surface area contributed by atoms with Crippen LogP contribution in [0.3, 0.4) is 0 Å². The molecular weight excluding hydrogens is 222 g/mol. The molecule has 1 aromatic rings. The van der Waals surface area contributed by atoms with E-state index in [1.165, 1.54) is 69.9 Å². The molecule has 3 heteroatoms. The second kappa shape index (κ2) is 10.1. The zero-order valence-electron chi connectivity index (χ0n) is 12.1. The molecule has 0 aliphatic heterocycles. The van der Waals surface area contributed by atoms with Crippen LogP contribution in [0.4, 0.5) is 0 Å². The first-order chi connectivity index (χ1) is 8.88. The van der Waals surface area contributed by atoms with Gasteiger partial charge in [-0.2, -0.15) is 15.4 Å². The Bertz CT molecular complexity index is 257. The van der Waals surface area contributed by atoms with Crippen molar-refractivity contribution in [2.45, 2.75) is 84.0 Å². The maximum absolute atomic E-state index is 4.28. The number of nitrogens with one attached hydrogen (secondary N) is 1. The zero-order chi connectivity index (χ0) is 13.1. The molecule has 104 valence electrons. The first-order valence-electron chi connectivity index (χ1n) is 7.74. The summed E-state index contributed by atoms with van der Waals surface area (Å²) < 4.78 is 0. The number of nitrogens with zero attached hydrogens (tertiary/aromatic N) is 2. The highest BCUT2D eigenvalue weighted by molar-refractivity contribution is 5.00. The van der Waals surface area contributed by atoms with Crippen LogP contribution in [0.2, 0.25) is 0 Å². The van der Waals surface area contributed by atoms with Gasteiger partial charge in [-0.1, -0.05) is 65.2 Å². The minimum Gasteiger partial charge on any atom is -0.198 e. The van der Waals surface area contributed by atoms with E-state index in [9.17, 15) is 0 Å². The van der Waals surface area contributed by atoms with Crippen LogP contribution >= 0.6 is 0 Å². The molecule has 1 aromatic heterocycles. The molecule has 0 saturated heterocycles. The molecular formula is C15H29N3. The van der Waals surface area contributed by atoms with E-state index in [-0.39, 0.29) is 0 Å². The molecule has 0 aliphatic carbocycles. The fraction of sp³-hybridized carbons (Fsp3) is 0.867. The summed E-state index contributed by atoms with van der Waals surface area (Å²) in [7, 11) is 0. The topological polar surface area (TPSA) is 41.6 Å². The third-order valence-corrected chi connectivity index (χ3v) is 3.66. The number of hydrogen-bond acceptors (Lipinski definition) is 2. The van der Waals surface area contributed by atoms with Crippen LogP contribution in [0.15, 0.2) is 6.20 Å². The highest BCUT2D eigenvalue weighted by Gasteiger charge is 2.13. The van der Waals surface area contributed by atoms with E-state index in [4.69, 9.17) is 0 Å². The highest BCUT2D eigenvalue weighted by atomic mass is 15.3. The largest absolute Gasteiger partial charge is 0.198 e. The van der Waals surface area contributed by atoms with Crippen molar-refractivity contribution in [3.8, 4) is 0 Å². The molecule has 0 saturated carbocycles. The van der Waals surface area contributed by atoms with Crippen molar-refractivity contribution in [1.29, 1.82) is 0 Å². The summed E-state index contributed by atoms with van der Waals surface area (Å²) in [5, 5.41) is 11.0. The van der Waals surface area contributed by atoms with Gasteiger partial charge >= 0.3 is 0 Å². The van der Waals surface area contributed by atoms with Crippen molar-refractivity contribution in [1.82, 2.24) is 15.4 Å². The zero-order valence-corrected chi connectivity index (χ0v) is 12.1. The van der Waals surface area contributed by atoms with E-state index < -0.39 is 0 Å². The van der Waals surface area contributed by atoms with E-state index in [1.807, 2.05) is 6.20 Å². The maximum atomic E-state index is 4.28. The van der Waals surface area contributed by atoms with E-state index in [0.717, 1.165) is 0 Å². The van der Waals surface area contributed by atoms with Crippen LogP contribution in [0, 0.1) is 0 Å². The Morgan fingerprint density at radius 2 is 1.56 bits per heavy atom. The van der Waals surface area contributed by atoms with Gasteiger partial charge in [0.2, 0.25) is 0 Å². The summed E-state index contributed by atoms with van der Waals surface area (Å²) in [4.78, 5) is 0. The third kappa shape index (κ3) is 6.18. The maximum Gasteiger partial charge on any atom is 0.0855 e. The molecule has 0 fully saturated rings. The van der Waals surface area contributed by atoms with Gasteiger partial charge in [-0.3, -0.25) is 0 Å². The number of aromatic nitrogens is 3. The standard InChI is InChI=1S/C15H29N3/c1-3-5-7-9-11-14(12-10-8-6-4-2)15-13-16-18-17-15/h13-14H,3-12H2,1-2H3,(H,16,17,18). The fourth-order valence-corrected chi connectivity index (χ4v) is 2.48. The van der Waals surface area contributed by atoms with Gasteiger partial charge in [0.1, 0.15) is 0 Å². The van der Waals surface area contributed by atoms with Gasteiger partial charge in [0.25, 0.3) is 0 Å². The molecule has 0 radical (unpaired) electrons.